The number of nitrogens with one attached hydrogen (secondary N) is 1. The molecule has 1 saturated carbocycles. The Balaban J connectivity index is 1.47. The summed E-state index contributed by atoms with van der Waals surface area (Å²) in [6, 6.07) is 6.70. The third kappa shape index (κ3) is 4.24. The van der Waals surface area contributed by atoms with Crippen molar-refractivity contribution in [3.05, 3.63) is 58.9 Å². The first-order valence-corrected chi connectivity index (χ1v) is 11.7. The lowest BCUT2D eigenvalue weighted by Gasteiger charge is -2.37. The molecule has 1 atom stereocenters. The maximum atomic E-state index is 14.4. The fraction of sp³-hybridized carbons (Fsp3) is 0.346. The maximum Gasteiger partial charge on any atom is 0.294 e. The van der Waals surface area contributed by atoms with E-state index < -0.39 is 34.9 Å². The summed E-state index contributed by atoms with van der Waals surface area (Å²) in [5.74, 6) is -3.66. The highest BCUT2D eigenvalue weighted by Crippen LogP contribution is 2.41. The lowest BCUT2D eigenvalue weighted by molar-refractivity contribution is -0.133. The summed E-state index contributed by atoms with van der Waals surface area (Å²) >= 11 is 0. The molecule has 1 aliphatic carbocycles. The molecular formula is C26H25F2N3O6. The highest BCUT2D eigenvalue weighted by molar-refractivity contribution is 6.06. The number of furan rings is 1. The Bertz CT molecular complexity index is 1430. The van der Waals surface area contributed by atoms with E-state index in [9.17, 15) is 23.2 Å². The second-order valence-electron chi connectivity index (χ2n) is 9.48. The molecule has 2 heterocycles. The van der Waals surface area contributed by atoms with E-state index in [1.165, 1.54) is 30.2 Å². The Kier molecular flexibility index (Phi) is 6.01. The number of halogens is 2. The van der Waals surface area contributed by atoms with Crippen molar-refractivity contribution < 1.29 is 37.1 Å². The Hall–Kier alpha value is -4.15. The van der Waals surface area contributed by atoms with Crippen LogP contribution < -0.4 is 20.5 Å². The molecule has 0 radical (unpaired) electrons. The number of ether oxygens (including phenoxy) is 2. The number of methoxy groups -OCH3 is 1. The second-order valence-corrected chi connectivity index (χ2v) is 9.48. The molecule has 2 aromatic carbocycles. The molecule has 194 valence electrons. The van der Waals surface area contributed by atoms with Crippen LogP contribution in [0.1, 0.15) is 46.2 Å². The van der Waals surface area contributed by atoms with E-state index in [0.29, 0.717) is 5.39 Å². The van der Waals surface area contributed by atoms with E-state index in [0.717, 1.165) is 18.9 Å². The fourth-order valence-electron chi connectivity index (χ4n) is 4.47. The fourth-order valence-corrected chi connectivity index (χ4v) is 4.47. The van der Waals surface area contributed by atoms with Crippen LogP contribution in [0.5, 0.6) is 11.5 Å². The van der Waals surface area contributed by atoms with E-state index in [2.05, 4.69) is 5.32 Å². The van der Waals surface area contributed by atoms with E-state index in [4.69, 9.17) is 19.6 Å². The van der Waals surface area contributed by atoms with Crippen LogP contribution in [0.15, 0.2) is 34.7 Å². The van der Waals surface area contributed by atoms with Gasteiger partial charge in [0.05, 0.1) is 18.1 Å². The first-order valence-electron chi connectivity index (χ1n) is 11.7. The van der Waals surface area contributed by atoms with Crippen molar-refractivity contribution in [2.24, 2.45) is 11.7 Å². The van der Waals surface area contributed by atoms with Gasteiger partial charge in [0.25, 0.3) is 5.91 Å². The van der Waals surface area contributed by atoms with Gasteiger partial charge >= 0.3 is 0 Å². The summed E-state index contributed by atoms with van der Waals surface area (Å²) in [6.07, 6.45) is 1.81. The van der Waals surface area contributed by atoms with Gasteiger partial charge in [0.2, 0.25) is 17.6 Å². The zero-order chi connectivity index (χ0) is 26.5. The molecule has 3 N–H and O–H groups in total. The highest BCUT2D eigenvalue weighted by atomic mass is 19.2. The monoisotopic (exact) mass is 513 g/mol. The molecule has 1 aliphatic heterocycles. The number of nitrogens with zero attached hydrogens (tertiary/aromatic N) is 1. The van der Waals surface area contributed by atoms with Crippen molar-refractivity contribution >= 4 is 28.7 Å². The van der Waals surface area contributed by atoms with Crippen molar-refractivity contribution in [3.63, 3.8) is 0 Å². The number of hydrogen-bond acceptors (Lipinski definition) is 6. The van der Waals surface area contributed by atoms with Crippen LogP contribution in [0.25, 0.3) is 11.0 Å². The van der Waals surface area contributed by atoms with Gasteiger partial charge in [0, 0.05) is 18.7 Å². The summed E-state index contributed by atoms with van der Waals surface area (Å²) in [5, 5.41) is 3.07. The molecule has 9 nitrogen and oxygen atoms in total. The van der Waals surface area contributed by atoms with Crippen molar-refractivity contribution in [1.82, 2.24) is 10.2 Å². The van der Waals surface area contributed by atoms with Crippen molar-refractivity contribution in [2.75, 3.05) is 20.3 Å². The molecule has 3 amide bonds. The number of primary amides is 1. The van der Waals surface area contributed by atoms with Gasteiger partial charge in [0.15, 0.2) is 22.9 Å². The Morgan fingerprint density at radius 2 is 2.00 bits per heavy atom. The molecule has 37 heavy (non-hydrogen) atoms. The summed E-state index contributed by atoms with van der Waals surface area (Å²) in [6.45, 7) is 1.25. The van der Waals surface area contributed by atoms with Gasteiger partial charge in [-0.15, -0.1) is 0 Å². The number of carbonyl (C=O) groups excluding carboxylic acids is 3. The van der Waals surface area contributed by atoms with Crippen LogP contribution in [0.4, 0.5) is 8.78 Å². The normalized spacial score (nSPS) is 19.2. The van der Waals surface area contributed by atoms with Gasteiger partial charge in [0.1, 0.15) is 17.9 Å². The van der Waals surface area contributed by atoms with Crippen LogP contribution >= 0.6 is 0 Å². The van der Waals surface area contributed by atoms with Gasteiger partial charge in [-0.1, -0.05) is 0 Å². The summed E-state index contributed by atoms with van der Waals surface area (Å²) in [7, 11) is 1.31. The maximum absolute atomic E-state index is 14.4. The molecular weight excluding hydrogens is 488 g/mol. The van der Waals surface area contributed by atoms with Crippen LogP contribution in [0, 0.1) is 17.6 Å². The summed E-state index contributed by atoms with van der Waals surface area (Å²) in [4.78, 5) is 40.2. The molecule has 1 aromatic heterocycles. The SMILES string of the molecule is COc1ccc(F)c(F)c1CNC(=O)C1(C)COc2c(oc3cc(C(N)=O)ccc23)C(=O)N1CC1CC1. The first kappa shape index (κ1) is 24.5. The van der Waals surface area contributed by atoms with Crippen molar-refractivity contribution in [3.8, 4) is 11.5 Å². The predicted molar refractivity (Wildman–Crippen MR) is 127 cm³/mol. The van der Waals surface area contributed by atoms with E-state index in [1.807, 2.05) is 0 Å². The Labute approximate surface area is 210 Å². The average Bonchev–Trinajstić information content (AvgIpc) is 3.65. The number of carbonyl (C=O) groups is 3. The van der Waals surface area contributed by atoms with Gasteiger partial charge in [-0.25, -0.2) is 8.78 Å². The third-order valence-electron chi connectivity index (χ3n) is 6.89. The molecule has 11 heteroatoms. The third-order valence-corrected chi connectivity index (χ3v) is 6.89. The number of rotatable bonds is 7. The Morgan fingerprint density at radius 3 is 2.68 bits per heavy atom. The lowest BCUT2D eigenvalue weighted by atomic mass is 9.98. The average molecular weight is 513 g/mol. The van der Waals surface area contributed by atoms with E-state index in [-0.39, 0.29) is 59.6 Å². The zero-order valence-corrected chi connectivity index (χ0v) is 20.2. The van der Waals surface area contributed by atoms with E-state index >= 15 is 0 Å². The minimum Gasteiger partial charge on any atom is -0.496 e. The molecule has 0 bridgehead atoms. The van der Waals surface area contributed by atoms with Crippen LogP contribution in [-0.2, 0) is 11.3 Å². The van der Waals surface area contributed by atoms with Gasteiger partial charge in [-0.05, 0) is 56.0 Å². The van der Waals surface area contributed by atoms with Crippen LogP contribution in [0.3, 0.4) is 0 Å². The first-order chi connectivity index (χ1) is 17.6. The smallest absolute Gasteiger partial charge is 0.294 e. The summed E-state index contributed by atoms with van der Waals surface area (Å²) < 4.78 is 45.2. The molecule has 0 spiro atoms. The molecule has 0 saturated heterocycles. The quantitative estimate of drug-likeness (QED) is 0.500. The minimum absolute atomic E-state index is 0.0772. The molecule has 2 aliphatic rings. The van der Waals surface area contributed by atoms with Gasteiger partial charge in [-0.2, -0.15) is 0 Å². The number of benzene rings is 2. The lowest BCUT2D eigenvalue weighted by Crippen LogP contribution is -2.61. The predicted octanol–water partition coefficient (Wildman–Crippen LogP) is 3.14. The highest BCUT2D eigenvalue weighted by Gasteiger charge is 2.49. The Morgan fingerprint density at radius 1 is 1.24 bits per heavy atom. The molecule has 3 aromatic rings. The van der Waals surface area contributed by atoms with Crippen LogP contribution in [-0.4, -0.2) is 48.4 Å². The molecule has 5 rings (SSSR count). The molecule has 1 unspecified atom stereocenters. The second kappa shape index (κ2) is 9.06. The van der Waals surface area contributed by atoms with Crippen molar-refractivity contribution in [2.45, 2.75) is 31.8 Å². The minimum atomic E-state index is -1.49. The van der Waals surface area contributed by atoms with E-state index in [1.54, 1.807) is 13.0 Å². The summed E-state index contributed by atoms with van der Waals surface area (Å²) in [5.41, 5.74) is 4.17. The number of hydrogen-bond donors (Lipinski definition) is 2. The van der Waals surface area contributed by atoms with Gasteiger partial charge in [-0.3, -0.25) is 14.4 Å². The van der Waals surface area contributed by atoms with Crippen LogP contribution in [0.2, 0.25) is 0 Å². The van der Waals surface area contributed by atoms with Crippen molar-refractivity contribution in [1.29, 1.82) is 0 Å². The largest absolute Gasteiger partial charge is 0.496 e. The van der Waals surface area contributed by atoms with Gasteiger partial charge < -0.3 is 29.8 Å². The zero-order valence-electron chi connectivity index (χ0n) is 20.2. The molecule has 1 fully saturated rings. The standard InChI is InChI=1S/C26H25F2N3O6/c1-26(25(34)30-10-16-18(35-2)8-7-17(27)20(16)28)12-36-21-15-6-5-14(23(29)32)9-19(15)37-22(21)24(33)31(26)11-13-3-4-13/h5-9,13H,3-4,10-12H2,1-2H3,(H2,29,32)(H,30,34). The number of amides is 3. The topological polar surface area (TPSA) is 124 Å². The number of fused-ring (bicyclic) bond motifs is 3. The number of nitrogens with two attached hydrogens (primary N) is 1.